The fourth-order valence-corrected chi connectivity index (χ4v) is 4.34. The number of hydrogen-bond acceptors (Lipinski definition) is 4. The Labute approximate surface area is 146 Å². The molecule has 1 saturated carbocycles. The minimum absolute atomic E-state index is 0.0814. The highest BCUT2D eigenvalue weighted by atomic mass is 16.8. The standard InChI is InChI=1S/C20H34O4/c1-12(2)16(21)15-17(22)13(9-10-18(15,3)4)11-14-19(5,6)24-20(7,8)23-14/h12-15H,9-11H2,1-8H3/t13-,14-,15-/m0/s1. The van der Waals surface area contributed by atoms with Gasteiger partial charge in [-0.3, -0.25) is 9.59 Å². The van der Waals surface area contributed by atoms with Crippen molar-refractivity contribution in [2.24, 2.45) is 23.2 Å². The maximum Gasteiger partial charge on any atom is 0.164 e. The molecule has 0 aromatic heterocycles. The summed E-state index contributed by atoms with van der Waals surface area (Å²) in [5, 5.41) is 0. The summed E-state index contributed by atoms with van der Waals surface area (Å²) in [6.07, 6.45) is 2.22. The van der Waals surface area contributed by atoms with Crippen LogP contribution in [0.25, 0.3) is 0 Å². The van der Waals surface area contributed by atoms with Crippen LogP contribution in [-0.4, -0.2) is 29.1 Å². The Morgan fingerprint density at radius 1 is 1.17 bits per heavy atom. The Morgan fingerprint density at radius 3 is 2.21 bits per heavy atom. The first-order valence-electron chi connectivity index (χ1n) is 9.22. The second kappa shape index (κ2) is 6.21. The maximum atomic E-state index is 13.1. The van der Waals surface area contributed by atoms with Crippen LogP contribution in [0.3, 0.4) is 0 Å². The molecule has 1 heterocycles. The number of hydrogen-bond donors (Lipinski definition) is 0. The molecular weight excluding hydrogens is 304 g/mol. The molecule has 0 bridgehead atoms. The number of ketones is 2. The predicted molar refractivity (Wildman–Crippen MR) is 93.6 cm³/mol. The highest BCUT2D eigenvalue weighted by molar-refractivity contribution is 6.05. The third-order valence-corrected chi connectivity index (χ3v) is 5.67. The molecule has 24 heavy (non-hydrogen) atoms. The van der Waals surface area contributed by atoms with Crippen molar-refractivity contribution in [1.82, 2.24) is 0 Å². The van der Waals surface area contributed by atoms with Crippen LogP contribution in [0.5, 0.6) is 0 Å². The van der Waals surface area contributed by atoms with Crippen LogP contribution in [0.2, 0.25) is 0 Å². The molecule has 0 aromatic rings. The summed E-state index contributed by atoms with van der Waals surface area (Å²) in [5.74, 6) is -1.16. The summed E-state index contributed by atoms with van der Waals surface area (Å²) in [6.45, 7) is 15.7. The van der Waals surface area contributed by atoms with Gasteiger partial charge in [-0.25, -0.2) is 0 Å². The maximum absolute atomic E-state index is 13.1. The Balaban J connectivity index is 2.18. The Morgan fingerprint density at radius 2 is 1.75 bits per heavy atom. The van der Waals surface area contributed by atoms with Gasteiger partial charge in [0.1, 0.15) is 11.6 Å². The topological polar surface area (TPSA) is 52.6 Å². The van der Waals surface area contributed by atoms with Crippen LogP contribution < -0.4 is 0 Å². The summed E-state index contributed by atoms with van der Waals surface area (Å²) in [6, 6.07) is 0. The number of carbonyl (C=O) groups excluding carboxylic acids is 2. The van der Waals surface area contributed by atoms with Gasteiger partial charge in [-0.15, -0.1) is 0 Å². The van der Waals surface area contributed by atoms with Gasteiger partial charge in [-0.2, -0.15) is 0 Å². The molecule has 0 unspecified atom stereocenters. The number of ether oxygens (including phenoxy) is 2. The van der Waals surface area contributed by atoms with Crippen molar-refractivity contribution >= 4 is 11.6 Å². The normalized spacial score (nSPS) is 34.5. The lowest BCUT2D eigenvalue weighted by Crippen LogP contribution is -2.48. The van der Waals surface area contributed by atoms with Crippen molar-refractivity contribution in [3.8, 4) is 0 Å². The summed E-state index contributed by atoms with van der Waals surface area (Å²) < 4.78 is 12.0. The molecule has 2 fully saturated rings. The zero-order valence-corrected chi connectivity index (χ0v) is 16.6. The third-order valence-electron chi connectivity index (χ3n) is 5.67. The van der Waals surface area contributed by atoms with Crippen LogP contribution in [0.1, 0.15) is 74.7 Å². The molecule has 0 amide bonds. The summed E-state index contributed by atoms with van der Waals surface area (Å²) >= 11 is 0. The SMILES string of the molecule is CC(C)C(=O)[C@H]1C(=O)[C@H](C[C@@H]2OC(C)(C)OC2(C)C)CCC1(C)C. The van der Waals surface area contributed by atoms with E-state index in [2.05, 4.69) is 0 Å². The van der Waals surface area contributed by atoms with Crippen molar-refractivity contribution in [1.29, 1.82) is 0 Å². The van der Waals surface area contributed by atoms with E-state index in [9.17, 15) is 9.59 Å². The Hall–Kier alpha value is -0.740. The zero-order valence-electron chi connectivity index (χ0n) is 16.6. The molecule has 0 N–H and O–H groups in total. The van der Waals surface area contributed by atoms with Gasteiger partial charge in [0.15, 0.2) is 5.79 Å². The second-order valence-electron chi connectivity index (χ2n) is 9.56. The first kappa shape index (κ1) is 19.6. The van der Waals surface area contributed by atoms with Crippen LogP contribution in [0, 0.1) is 23.2 Å². The van der Waals surface area contributed by atoms with Crippen LogP contribution in [0.4, 0.5) is 0 Å². The lowest BCUT2D eigenvalue weighted by atomic mass is 9.61. The van der Waals surface area contributed by atoms with Gasteiger partial charge in [0, 0.05) is 11.8 Å². The highest BCUT2D eigenvalue weighted by Crippen LogP contribution is 2.46. The molecule has 0 radical (unpaired) electrons. The van der Waals surface area contributed by atoms with Crippen LogP contribution in [0.15, 0.2) is 0 Å². The van der Waals surface area contributed by atoms with Crippen molar-refractivity contribution in [2.45, 2.75) is 92.1 Å². The van der Waals surface area contributed by atoms with E-state index < -0.39 is 17.3 Å². The van der Waals surface area contributed by atoms with E-state index in [-0.39, 0.29) is 34.9 Å². The summed E-state index contributed by atoms with van der Waals surface area (Å²) in [7, 11) is 0. The van der Waals surface area contributed by atoms with Gasteiger partial charge in [0.05, 0.1) is 17.6 Å². The quantitative estimate of drug-likeness (QED) is 0.723. The second-order valence-corrected chi connectivity index (χ2v) is 9.56. The molecule has 1 saturated heterocycles. The molecule has 2 rings (SSSR count). The molecule has 4 nitrogen and oxygen atoms in total. The predicted octanol–water partition coefficient (Wildman–Crippen LogP) is 4.15. The Bertz CT molecular complexity index is 516. The summed E-state index contributed by atoms with van der Waals surface area (Å²) in [5.41, 5.74) is -0.676. The van der Waals surface area contributed by atoms with Gasteiger partial charge in [0.25, 0.3) is 0 Å². The first-order valence-corrected chi connectivity index (χ1v) is 9.22. The van der Waals surface area contributed by atoms with Gasteiger partial charge in [-0.1, -0.05) is 27.7 Å². The van der Waals surface area contributed by atoms with Crippen molar-refractivity contribution in [2.75, 3.05) is 0 Å². The van der Waals surface area contributed by atoms with Gasteiger partial charge >= 0.3 is 0 Å². The van der Waals surface area contributed by atoms with Crippen LogP contribution >= 0.6 is 0 Å². The number of Topliss-reactive ketones (excluding diaryl/α,β-unsaturated/α-hetero) is 2. The molecular formula is C20H34O4. The van der Waals surface area contributed by atoms with Crippen molar-refractivity contribution in [3.05, 3.63) is 0 Å². The molecule has 1 aliphatic heterocycles. The smallest absolute Gasteiger partial charge is 0.164 e. The molecule has 2 aliphatic rings. The van der Waals surface area contributed by atoms with Crippen molar-refractivity contribution < 1.29 is 19.1 Å². The van der Waals surface area contributed by atoms with E-state index >= 15 is 0 Å². The molecule has 0 spiro atoms. The lowest BCUT2D eigenvalue weighted by molar-refractivity contribution is -0.159. The number of rotatable bonds is 4. The fourth-order valence-electron chi connectivity index (χ4n) is 4.34. The highest BCUT2D eigenvalue weighted by Gasteiger charge is 2.52. The first-order chi connectivity index (χ1) is 10.8. The molecule has 1 aliphatic carbocycles. The minimum atomic E-state index is -0.627. The minimum Gasteiger partial charge on any atom is -0.344 e. The van der Waals surface area contributed by atoms with E-state index in [1.807, 2.05) is 55.4 Å². The van der Waals surface area contributed by atoms with E-state index in [0.717, 1.165) is 12.8 Å². The number of carbonyl (C=O) groups is 2. The van der Waals surface area contributed by atoms with Gasteiger partial charge < -0.3 is 9.47 Å². The zero-order chi connectivity index (χ0) is 18.5. The van der Waals surface area contributed by atoms with E-state index in [1.165, 1.54) is 0 Å². The largest absolute Gasteiger partial charge is 0.344 e. The average Bonchev–Trinajstić information content (AvgIpc) is 2.59. The van der Waals surface area contributed by atoms with Crippen LogP contribution in [-0.2, 0) is 19.1 Å². The van der Waals surface area contributed by atoms with Gasteiger partial charge in [0.2, 0.25) is 0 Å². The third kappa shape index (κ3) is 3.75. The van der Waals surface area contributed by atoms with Gasteiger partial charge in [-0.05, 0) is 52.4 Å². The lowest BCUT2D eigenvalue weighted by Gasteiger charge is -2.41. The molecule has 0 aromatic carbocycles. The van der Waals surface area contributed by atoms with Crippen molar-refractivity contribution in [3.63, 3.8) is 0 Å². The van der Waals surface area contributed by atoms with E-state index in [4.69, 9.17) is 9.47 Å². The molecule has 3 atom stereocenters. The summed E-state index contributed by atoms with van der Waals surface area (Å²) in [4.78, 5) is 25.8. The molecule has 4 heteroatoms. The fraction of sp³-hybridized carbons (Fsp3) is 0.900. The van der Waals surface area contributed by atoms with E-state index in [1.54, 1.807) is 0 Å². The Kier molecular flexibility index (Phi) is 5.06. The van der Waals surface area contributed by atoms with E-state index in [0.29, 0.717) is 6.42 Å². The average molecular weight is 338 g/mol. The monoisotopic (exact) mass is 338 g/mol. The molecule has 138 valence electrons.